The Morgan fingerprint density at radius 1 is 1.12 bits per heavy atom. The molecule has 26 heavy (non-hydrogen) atoms. The van der Waals surface area contributed by atoms with Crippen LogP contribution in [0, 0.1) is 18.3 Å². The Morgan fingerprint density at radius 2 is 1.77 bits per heavy atom. The minimum Gasteiger partial charge on any atom is -0.497 e. The minimum absolute atomic E-state index is 0.567. The maximum atomic E-state index is 9.59. The number of methoxy groups -OCH3 is 2. The standard InChI is InChI=1S/C20H19N3O2S/c1-13-18(11-21)20(26-19(13)15-4-6-22-7-5-15)23-12-14-8-16(24-2)10-17(9-14)25-3/h4-10,23H,12H2,1-3H3. The van der Waals surface area contributed by atoms with Crippen molar-refractivity contribution in [2.24, 2.45) is 0 Å². The van der Waals surface area contributed by atoms with Crippen molar-refractivity contribution in [3.8, 4) is 28.0 Å². The number of hydrogen-bond acceptors (Lipinski definition) is 6. The molecule has 0 radical (unpaired) electrons. The summed E-state index contributed by atoms with van der Waals surface area (Å²) >= 11 is 1.58. The smallest absolute Gasteiger partial charge is 0.122 e. The Bertz CT molecular complexity index is 923. The molecule has 1 N–H and O–H groups in total. The summed E-state index contributed by atoms with van der Waals surface area (Å²) in [6.45, 7) is 2.54. The third-order valence-electron chi connectivity index (χ3n) is 4.07. The van der Waals surface area contributed by atoms with Crippen molar-refractivity contribution in [2.45, 2.75) is 13.5 Å². The third kappa shape index (κ3) is 3.63. The van der Waals surface area contributed by atoms with Crippen LogP contribution in [0.15, 0.2) is 42.7 Å². The van der Waals surface area contributed by atoms with Crippen LogP contribution >= 0.6 is 11.3 Å². The van der Waals surface area contributed by atoms with Gasteiger partial charge in [0.15, 0.2) is 0 Å². The molecule has 5 nitrogen and oxygen atoms in total. The number of aromatic nitrogens is 1. The van der Waals surface area contributed by atoms with Gasteiger partial charge < -0.3 is 14.8 Å². The quantitative estimate of drug-likeness (QED) is 0.690. The molecule has 0 aliphatic rings. The summed E-state index contributed by atoms with van der Waals surface area (Å²) < 4.78 is 10.6. The maximum absolute atomic E-state index is 9.59. The second-order valence-electron chi connectivity index (χ2n) is 5.68. The van der Waals surface area contributed by atoms with Gasteiger partial charge in [0.05, 0.1) is 19.8 Å². The van der Waals surface area contributed by atoms with E-state index in [-0.39, 0.29) is 0 Å². The van der Waals surface area contributed by atoms with E-state index in [0.29, 0.717) is 12.1 Å². The molecule has 0 bridgehead atoms. The van der Waals surface area contributed by atoms with Gasteiger partial charge in [-0.05, 0) is 47.9 Å². The first-order chi connectivity index (χ1) is 12.7. The highest BCUT2D eigenvalue weighted by atomic mass is 32.1. The predicted molar refractivity (Wildman–Crippen MR) is 104 cm³/mol. The van der Waals surface area contributed by atoms with E-state index in [1.165, 1.54) is 0 Å². The Kier molecular flexibility index (Phi) is 5.40. The van der Waals surface area contributed by atoms with Crippen molar-refractivity contribution in [3.05, 3.63) is 59.4 Å². The average molecular weight is 365 g/mol. The van der Waals surface area contributed by atoms with Gasteiger partial charge in [-0.1, -0.05) is 0 Å². The highest BCUT2D eigenvalue weighted by molar-refractivity contribution is 7.19. The normalized spacial score (nSPS) is 10.2. The number of thiophene rings is 1. The molecule has 0 atom stereocenters. The van der Waals surface area contributed by atoms with Crippen LogP contribution in [0.25, 0.3) is 10.4 Å². The summed E-state index contributed by atoms with van der Waals surface area (Å²) in [4.78, 5) is 5.14. The van der Waals surface area contributed by atoms with Gasteiger partial charge in [0, 0.05) is 29.9 Å². The van der Waals surface area contributed by atoms with Gasteiger partial charge in [-0.2, -0.15) is 5.26 Å². The highest BCUT2D eigenvalue weighted by Crippen LogP contribution is 2.39. The first-order valence-corrected chi connectivity index (χ1v) is 8.87. The molecule has 0 amide bonds. The first-order valence-electron chi connectivity index (χ1n) is 8.06. The minimum atomic E-state index is 0.567. The summed E-state index contributed by atoms with van der Waals surface area (Å²) in [5.74, 6) is 1.47. The monoisotopic (exact) mass is 365 g/mol. The van der Waals surface area contributed by atoms with E-state index in [2.05, 4.69) is 16.4 Å². The van der Waals surface area contributed by atoms with Crippen LogP contribution in [0.3, 0.4) is 0 Å². The zero-order valence-electron chi connectivity index (χ0n) is 14.9. The van der Waals surface area contributed by atoms with Crippen LogP contribution in [0.1, 0.15) is 16.7 Å². The number of benzene rings is 1. The van der Waals surface area contributed by atoms with E-state index >= 15 is 0 Å². The first kappa shape index (κ1) is 17.8. The topological polar surface area (TPSA) is 67.2 Å². The molecule has 0 aliphatic heterocycles. The van der Waals surface area contributed by atoms with Gasteiger partial charge in [0.25, 0.3) is 0 Å². The molecule has 3 rings (SSSR count). The number of anilines is 1. The second-order valence-corrected chi connectivity index (χ2v) is 6.70. The average Bonchev–Trinajstić information content (AvgIpc) is 3.02. The second kappa shape index (κ2) is 7.89. The highest BCUT2D eigenvalue weighted by Gasteiger charge is 2.16. The molecule has 0 aliphatic carbocycles. The number of nitriles is 1. The molecule has 0 spiro atoms. The fourth-order valence-corrected chi connectivity index (χ4v) is 3.86. The molecular weight excluding hydrogens is 346 g/mol. The summed E-state index contributed by atoms with van der Waals surface area (Å²) in [5.41, 5.74) is 3.74. The number of ether oxygens (including phenoxy) is 2. The molecule has 0 saturated carbocycles. The zero-order chi connectivity index (χ0) is 18.5. The summed E-state index contributed by atoms with van der Waals surface area (Å²) in [7, 11) is 3.26. The Labute approximate surface area is 156 Å². The van der Waals surface area contributed by atoms with E-state index in [1.54, 1.807) is 38.0 Å². The van der Waals surface area contributed by atoms with Gasteiger partial charge in [-0.15, -0.1) is 11.3 Å². The van der Waals surface area contributed by atoms with Crippen LogP contribution in [0.2, 0.25) is 0 Å². The molecule has 3 aromatic rings. The molecule has 6 heteroatoms. The molecular formula is C20H19N3O2S. The Balaban J connectivity index is 1.88. The van der Waals surface area contributed by atoms with Crippen LogP contribution in [-0.4, -0.2) is 19.2 Å². The van der Waals surface area contributed by atoms with Gasteiger partial charge in [0.1, 0.15) is 22.6 Å². The Morgan fingerprint density at radius 3 is 2.35 bits per heavy atom. The fraction of sp³-hybridized carbons (Fsp3) is 0.200. The predicted octanol–water partition coefficient (Wildman–Crippen LogP) is 4.62. The molecule has 2 heterocycles. The van der Waals surface area contributed by atoms with Gasteiger partial charge in [-0.25, -0.2) is 0 Å². The van der Waals surface area contributed by atoms with E-state index in [4.69, 9.17) is 9.47 Å². The van der Waals surface area contributed by atoms with Crippen LogP contribution in [0.4, 0.5) is 5.00 Å². The summed E-state index contributed by atoms with van der Waals surface area (Å²) in [6, 6.07) is 12.0. The number of pyridine rings is 1. The van der Waals surface area contributed by atoms with Crippen LogP contribution < -0.4 is 14.8 Å². The van der Waals surface area contributed by atoms with Crippen molar-refractivity contribution in [1.29, 1.82) is 5.26 Å². The van der Waals surface area contributed by atoms with Crippen molar-refractivity contribution in [3.63, 3.8) is 0 Å². The SMILES string of the molecule is COc1cc(CNc2sc(-c3ccncc3)c(C)c2C#N)cc(OC)c1. The van der Waals surface area contributed by atoms with E-state index < -0.39 is 0 Å². The number of hydrogen-bond donors (Lipinski definition) is 1. The van der Waals surface area contributed by atoms with E-state index in [0.717, 1.165) is 38.1 Å². The van der Waals surface area contributed by atoms with Crippen molar-refractivity contribution >= 4 is 16.3 Å². The number of rotatable bonds is 6. The number of nitrogens with one attached hydrogen (secondary N) is 1. The fourth-order valence-electron chi connectivity index (χ4n) is 2.70. The van der Waals surface area contributed by atoms with Gasteiger partial charge in [0.2, 0.25) is 0 Å². The summed E-state index contributed by atoms with van der Waals surface area (Å²) in [5, 5.41) is 13.8. The van der Waals surface area contributed by atoms with Crippen molar-refractivity contribution < 1.29 is 9.47 Å². The van der Waals surface area contributed by atoms with Crippen molar-refractivity contribution in [2.75, 3.05) is 19.5 Å². The van der Waals surface area contributed by atoms with Gasteiger partial charge >= 0.3 is 0 Å². The van der Waals surface area contributed by atoms with Crippen molar-refractivity contribution in [1.82, 2.24) is 4.98 Å². The van der Waals surface area contributed by atoms with Gasteiger partial charge in [-0.3, -0.25) is 4.98 Å². The van der Waals surface area contributed by atoms with Crippen LogP contribution in [0.5, 0.6) is 11.5 Å². The van der Waals surface area contributed by atoms with Crippen LogP contribution in [-0.2, 0) is 6.54 Å². The summed E-state index contributed by atoms with van der Waals surface area (Å²) in [6.07, 6.45) is 3.52. The lowest BCUT2D eigenvalue weighted by atomic mass is 10.1. The molecule has 2 aromatic heterocycles. The lowest BCUT2D eigenvalue weighted by molar-refractivity contribution is 0.393. The largest absolute Gasteiger partial charge is 0.497 e. The zero-order valence-corrected chi connectivity index (χ0v) is 15.7. The number of nitrogens with zero attached hydrogens (tertiary/aromatic N) is 2. The maximum Gasteiger partial charge on any atom is 0.122 e. The molecule has 132 valence electrons. The molecule has 0 unspecified atom stereocenters. The molecule has 1 aromatic carbocycles. The lowest BCUT2D eigenvalue weighted by Gasteiger charge is -2.09. The molecule has 0 fully saturated rings. The molecule has 0 saturated heterocycles. The Hall–Kier alpha value is -3.04. The van der Waals surface area contributed by atoms with E-state index in [9.17, 15) is 5.26 Å². The third-order valence-corrected chi connectivity index (χ3v) is 5.36. The lowest BCUT2D eigenvalue weighted by Crippen LogP contribution is -2.00. The van der Waals surface area contributed by atoms with E-state index in [1.807, 2.05) is 37.3 Å².